The Bertz CT molecular complexity index is 431. The summed E-state index contributed by atoms with van der Waals surface area (Å²) >= 11 is 1.31. The number of fused-ring (bicyclic) bond motifs is 1. The molecule has 1 aliphatic rings. The van der Waals surface area contributed by atoms with Gasteiger partial charge in [0.1, 0.15) is 11.0 Å². The smallest absolute Gasteiger partial charge is 0.107 e. The molecule has 3 heteroatoms. The molecule has 0 radical (unpaired) electrons. The zero-order chi connectivity index (χ0) is 8.67. The highest BCUT2D eigenvalue weighted by molar-refractivity contribution is 7.00. The van der Waals surface area contributed by atoms with Gasteiger partial charge in [0.25, 0.3) is 0 Å². The SMILES string of the molecule is c1cc(CC2CC2)c2nsnc2c1. The van der Waals surface area contributed by atoms with Crippen LogP contribution < -0.4 is 0 Å². The van der Waals surface area contributed by atoms with Crippen molar-refractivity contribution in [1.82, 2.24) is 8.75 Å². The van der Waals surface area contributed by atoms with Gasteiger partial charge >= 0.3 is 0 Å². The van der Waals surface area contributed by atoms with Crippen molar-refractivity contribution in [3.05, 3.63) is 23.8 Å². The first-order valence-electron chi connectivity index (χ1n) is 4.63. The third kappa shape index (κ3) is 1.33. The lowest BCUT2D eigenvalue weighted by Crippen LogP contribution is -1.88. The van der Waals surface area contributed by atoms with Crippen LogP contribution in [0.1, 0.15) is 18.4 Å². The van der Waals surface area contributed by atoms with E-state index in [0.29, 0.717) is 0 Å². The number of hydrogen-bond acceptors (Lipinski definition) is 3. The molecule has 0 unspecified atom stereocenters. The molecule has 1 aromatic carbocycles. The highest BCUT2D eigenvalue weighted by atomic mass is 32.1. The second-order valence-electron chi connectivity index (χ2n) is 3.70. The molecule has 1 aromatic heterocycles. The van der Waals surface area contributed by atoms with Crippen molar-refractivity contribution >= 4 is 22.8 Å². The summed E-state index contributed by atoms with van der Waals surface area (Å²) in [5.41, 5.74) is 3.57. The van der Waals surface area contributed by atoms with Crippen LogP contribution in [0.5, 0.6) is 0 Å². The van der Waals surface area contributed by atoms with Gasteiger partial charge in [-0.3, -0.25) is 0 Å². The molecule has 66 valence electrons. The number of nitrogens with zero attached hydrogens (tertiary/aromatic N) is 2. The summed E-state index contributed by atoms with van der Waals surface area (Å²) in [4.78, 5) is 0. The molecule has 1 fully saturated rings. The van der Waals surface area contributed by atoms with Crippen LogP contribution in [-0.4, -0.2) is 8.75 Å². The van der Waals surface area contributed by atoms with Gasteiger partial charge in [-0.1, -0.05) is 12.1 Å². The minimum Gasteiger partial charge on any atom is -0.173 e. The van der Waals surface area contributed by atoms with Crippen LogP contribution >= 0.6 is 11.7 Å². The van der Waals surface area contributed by atoms with Crippen molar-refractivity contribution in [1.29, 1.82) is 0 Å². The van der Waals surface area contributed by atoms with Gasteiger partial charge in [0.15, 0.2) is 0 Å². The highest BCUT2D eigenvalue weighted by Gasteiger charge is 2.22. The molecular formula is C10H10N2S. The molecule has 0 atom stereocenters. The standard InChI is InChI=1S/C10H10N2S/c1-2-8(6-7-4-5-7)10-9(3-1)11-13-12-10/h1-3,7H,4-6H2. The Balaban J connectivity index is 2.09. The van der Waals surface area contributed by atoms with Crippen LogP contribution in [0.4, 0.5) is 0 Å². The summed E-state index contributed by atoms with van der Waals surface area (Å²) in [5.74, 6) is 0.923. The summed E-state index contributed by atoms with van der Waals surface area (Å²) < 4.78 is 8.57. The lowest BCUT2D eigenvalue weighted by molar-refractivity contribution is 0.837. The first kappa shape index (κ1) is 7.44. The minimum atomic E-state index is 0.923. The first-order valence-corrected chi connectivity index (χ1v) is 5.36. The van der Waals surface area contributed by atoms with Crippen molar-refractivity contribution < 1.29 is 0 Å². The van der Waals surface area contributed by atoms with Gasteiger partial charge in [0, 0.05) is 0 Å². The fraction of sp³-hybridized carbons (Fsp3) is 0.400. The van der Waals surface area contributed by atoms with Crippen molar-refractivity contribution in [3.8, 4) is 0 Å². The Hall–Kier alpha value is -0.960. The molecule has 2 nitrogen and oxygen atoms in total. The summed E-state index contributed by atoms with van der Waals surface area (Å²) in [7, 11) is 0. The fourth-order valence-electron chi connectivity index (χ4n) is 1.66. The fourth-order valence-corrected chi connectivity index (χ4v) is 2.23. The van der Waals surface area contributed by atoms with E-state index in [0.717, 1.165) is 17.0 Å². The number of rotatable bonds is 2. The van der Waals surface area contributed by atoms with Crippen LogP contribution in [0.2, 0.25) is 0 Å². The maximum Gasteiger partial charge on any atom is 0.107 e. The van der Waals surface area contributed by atoms with Crippen molar-refractivity contribution in [2.24, 2.45) is 5.92 Å². The molecule has 0 bridgehead atoms. The zero-order valence-corrected chi connectivity index (χ0v) is 8.05. The molecule has 0 spiro atoms. The molecule has 3 rings (SSSR count). The van der Waals surface area contributed by atoms with E-state index in [9.17, 15) is 0 Å². The van der Waals surface area contributed by atoms with Crippen LogP contribution in [0.3, 0.4) is 0 Å². The van der Waals surface area contributed by atoms with Crippen LogP contribution in [0.15, 0.2) is 18.2 Å². The third-order valence-electron chi connectivity index (χ3n) is 2.58. The van der Waals surface area contributed by atoms with E-state index in [-0.39, 0.29) is 0 Å². The maximum absolute atomic E-state index is 4.33. The number of benzene rings is 1. The Morgan fingerprint density at radius 1 is 1.31 bits per heavy atom. The predicted molar refractivity (Wildman–Crippen MR) is 53.8 cm³/mol. The van der Waals surface area contributed by atoms with Gasteiger partial charge in [-0.2, -0.15) is 8.75 Å². The molecule has 1 heterocycles. The van der Waals surface area contributed by atoms with E-state index in [1.165, 1.54) is 36.6 Å². The molecular weight excluding hydrogens is 180 g/mol. The van der Waals surface area contributed by atoms with Crippen LogP contribution in [-0.2, 0) is 6.42 Å². The average Bonchev–Trinajstić information content (AvgIpc) is 2.83. The van der Waals surface area contributed by atoms with Gasteiger partial charge in [-0.05, 0) is 36.8 Å². The van der Waals surface area contributed by atoms with Crippen LogP contribution in [0, 0.1) is 5.92 Å². The molecule has 1 saturated carbocycles. The van der Waals surface area contributed by atoms with E-state index < -0.39 is 0 Å². The van der Waals surface area contributed by atoms with Gasteiger partial charge in [0.2, 0.25) is 0 Å². The normalized spacial score (nSPS) is 16.6. The monoisotopic (exact) mass is 190 g/mol. The lowest BCUT2D eigenvalue weighted by Gasteiger charge is -1.98. The van der Waals surface area contributed by atoms with E-state index >= 15 is 0 Å². The highest BCUT2D eigenvalue weighted by Crippen LogP contribution is 2.34. The van der Waals surface area contributed by atoms with E-state index in [1.807, 2.05) is 6.07 Å². The molecule has 2 aromatic rings. The summed E-state index contributed by atoms with van der Waals surface area (Å²) in [6, 6.07) is 6.30. The Morgan fingerprint density at radius 2 is 2.23 bits per heavy atom. The second kappa shape index (κ2) is 2.77. The molecule has 13 heavy (non-hydrogen) atoms. The first-order chi connectivity index (χ1) is 6.43. The molecule has 1 aliphatic carbocycles. The predicted octanol–water partition coefficient (Wildman–Crippen LogP) is 2.64. The summed E-state index contributed by atoms with van der Waals surface area (Å²) in [5, 5.41) is 0. The van der Waals surface area contributed by atoms with E-state index in [2.05, 4.69) is 20.9 Å². The number of hydrogen-bond donors (Lipinski definition) is 0. The van der Waals surface area contributed by atoms with E-state index in [4.69, 9.17) is 0 Å². The van der Waals surface area contributed by atoms with Crippen molar-refractivity contribution in [3.63, 3.8) is 0 Å². The average molecular weight is 190 g/mol. The Labute approximate surface area is 80.9 Å². The quantitative estimate of drug-likeness (QED) is 0.727. The van der Waals surface area contributed by atoms with E-state index in [1.54, 1.807) is 0 Å². The zero-order valence-electron chi connectivity index (χ0n) is 7.23. The van der Waals surface area contributed by atoms with Crippen molar-refractivity contribution in [2.75, 3.05) is 0 Å². The Kier molecular flexibility index (Phi) is 1.59. The summed E-state index contributed by atoms with van der Waals surface area (Å²) in [6.45, 7) is 0. The van der Waals surface area contributed by atoms with Gasteiger partial charge < -0.3 is 0 Å². The van der Waals surface area contributed by atoms with Gasteiger partial charge in [-0.15, -0.1) is 0 Å². The van der Waals surface area contributed by atoms with Gasteiger partial charge in [0.05, 0.1) is 11.7 Å². The molecule has 0 amide bonds. The molecule has 0 saturated heterocycles. The van der Waals surface area contributed by atoms with Gasteiger partial charge in [-0.25, -0.2) is 0 Å². The topological polar surface area (TPSA) is 25.8 Å². The lowest BCUT2D eigenvalue weighted by atomic mass is 10.1. The summed E-state index contributed by atoms with van der Waals surface area (Å²) in [6.07, 6.45) is 3.99. The largest absolute Gasteiger partial charge is 0.173 e. The van der Waals surface area contributed by atoms with Crippen LogP contribution in [0.25, 0.3) is 11.0 Å². The Morgan fingerprint density at radius 3 is 3.08 bits per heavy atom. The third-order valence-corrected chi connectivity index (χ3v) is 3.12. The maximum atomic E-state index is 4.33. The second-order valence-corrected chi connectivity index (χ2v) is 4.23. The number of aromatic nitrogens is 2. The molecule has 0 N–H and O–H groups in total. The minimum absolute atomic E-state index is 0.923. The molecule has 0 aliphatic heterocycles. The van der Waals surface area contributed by atoms with Crippen molar-refractivity contribution in [2.45, 2.75) is 19.3 Å².